The SMILES string of the molecule is NC(=O)c1nccnc1C(=O)NC1CC1c1c(F)cccc1Cl. The van der Waals surface area contributed by atoms with Crippen LogP contribution in [-0.4, -0.2) is 27.8 Å². The average molecular weight is 335 g/mol. The number of carbonyl (C=O) groups is 2. The molecule has 0 bridgehead atoms. The maximum atomic E-state index is 13.9. The Morgan fingerprint density at radius 1 is 1.26 bits per heavy atom. The van der Waals surface area contributed by atoms with Crippen molar-refractivity contribution >= 4 is 23.4 Å². The molecule has 118 valence electrons. The van der Waals surface area contributed by atoms with Crippen LogP contribution in [0.15, 0.2) is 30.6 Å². The molecule has 2 unspecified atom stereocenters. The fraction of sp³-hybridized carbons (Fsp3) is 0.200. The number of carbonyl (C=O) groups excluding carboxylic acids is 2. The number of hydrogen-bond acceptors (Lipinski definition) is 4. The van der Waals surface area contributed by atoms with Crippen molar-refractivity contribution in [2.24, 2.45) is 5.73 Å². The fourth-order valence-electron chi connectivity index (χ4n) is 2.46. The summed E-state index contributed by atoms with van der Waals surface area (Å²) in [7, 11) is 0. The molecule has 6 nitrogen and oxygen atoms in total. The summed E-state index contributed by atoms with van der Waals surface area (Å²) >= 11 is 6.01. The first-order valence-electron chi connectivity index (χ1n) is 6.84. The Morgan fingerprint density at radius 2 is 1.96 bits per heavy atom. The maximum Gasteiger partial charge on any atom is 0.272 e. The Kier molecular flexibility index (Phi) is 3.96. The second-order valence-electron chi connectivity index (χ2n) is 5.18. The molecular weight excluding hydrogens is 323 g/mol. The van der Waals surface area contributed by atoms with Crippen LogP contribution in [-0.2, 0) is 0 Å². The summed E-state index contributed by atoms with van der Waals surface area (Å²) < 4.78 is 13.9. The summed E-state index contributed by atoms with van der Waals surface area (Å²) in [6.07, 6.45) is 3.12. The molecule has 2 aromatic rings. The van der Waals surface area contributed by atoms with E-state index in [4.69, 9.17) is 17.3 Å². The molecule has 3 N–H and O–H groups in total. The lowest BCUT2D eigenvalue weighted by Crippen LogP contribution is -2.31. The zero-order chi connectivity index (χ0) is 16.6. The minimum absolute atomic E-state index is 0.148. The number of rotatable bonds is 4. The van der Waals surface area contributed by atoms with E-state index in [0.29, 0.717) is 17.0 Å². The maximum absolute atomic E-state index is 13.9. The third kappa shape index (κ3) is 3.00. The predicted octanol–water partition coefficient (Wildman–Crippen LogP) is 1.65. The lowest BCUT2D eigenvalue weighted by atomic mass is 10.1. The third-order valence-electron chi connectivity index (χ3n) is 3.62. The van der Waals surface area contributed by atoms with Gasteiger partial charge in [-0.1, -0.05) is 17.7 Å². The van der Waals surface area contributed by atoms with Crippen LogP contribution in [0.2, 0.25) is 5.02 Å². The van der Waals surface area contributed by atoms with Crippen molar-refractivity contribution in [2.45, 2.75) is 18.4 Å². The summed E-state index contributed by atoms with van der Waals surface area (Å²) in [6.45, 7) is 0. The van der Waals surface area contributed by atoms with Gasteiger partial charge in [0.15, 0.2) is 11.4 Å². The van der Waals surface area contributed by atoms with Crippen molar-refractivity contribution in [3.8, 4) is 0 Å². The number of nitrogens with zero attached hydrogens (tertiary/aromatic N) is 2. The molecule has 2 atom stereocenters. The topological polar surface area (TPSA) is 98.0 Å². The van der Waals surface area contributed by atoms with Crippen LogP contribution < -0.4 is 11.1 Å². The van der Waals surface area contributed by atoms with Gasteiger partial charge in [0.2, 0.25) is 0 Å². The Labute approximate surface area is 135 Å². The number of benzene rings is 1. The van der Waals surface area contributed by atoms with Gasteiger partial charge < -0.3 is 11.1 Å². The van der Waals surface area contributed by atoms with Gasteiger partial charge in [-0.15, -0.1) is 0 Å². The van der Waals surface area contributed by atoms with Crippen molar-refractivity contribution in [1.29, 1.82) is 0 Å². The molecule has 1 aromatic heterocycles. The molecule has 1 heterocycles. The standard InChI is InChI=1S/C15H12ClFN4O2/c16-8-2-1-3-9(17)11(8)7-6-10(7)21-15(23)13-12(14(18)22)19-4-5-20-13/h1-5,7,10H,6H2,(H2,18,22)(H,21,23). The fourth-order valence-corrected chi connectivity index (χ4v) is 2.76. The second kappa shape index (κ2) is 5.92. The van der Waals surface area contributed by atoms with Gasteiger partial charge in [0, 0.05) is 34.9 Å². The smallest absolute Gasteiger partial charge is 0.272 e. The zero-order valence-electron chi connectivity index (χ0n) is 11.8. The number of nitrogens with one attached hydrogen (secondary N) is 1. The molecule has 23 heavy (non-hydrogen) atoms. The molecule has 0 radical (unpaired) electrons. The van der Waals surface area contributed by atoms with Gasteiger partial charge in [-0.05, 0) is 18.6 Å². The van der Waals surface area contributed by atoms with E-state index < -0.39 is 17.6 Å². The van der Waals surface area contributed by atoms with Gasteiger partial charge in [-0.3, -0.25) is 9.59 Å². The molecule has 0 saturated heterocycles. The lowest BCUT2D eigenvalue weighted by molar-refractivity contribution is 0.0925. The summed E-state index contributed by atoms with van der Waals surface area (Å²) in [4.78, 5) is 31.1. The van der Waals surface area contributed by atoms with E-state index in [-0.39, 0.29) is 23.3 Å². The third-order valence-corrected chi connectivity index (χ3v) is 3.95. The highest BCUT2D eigenvalue weighted by Crippen LogP contribution is 2.44. The first kappa shape index (κ1) is 15.4. The van der Waals surface area contributed by atoms with Crippen molar-refractivity contribution < 1.29 is 14.0 Å². The minimum Gasteiger partial charge on any atom is -0.364 e. The summed E-state index contributed by atoms with van der Waals surface area (Å²) in [6, 6.07) is 4.17. The highest BCUT2D eigenvalue weighted by Gasteiger charge is 2.42. The van der Waals surface area contributed by atoms with Gasteiger partial charge in [-0.25, -0.2) is 14.4 Å². The Balaban J connectivity index is 1.75. The van der Waals surface area contributed by atoms with Crippen molar-refractivity contribution in [3.63, 3.8) is 0 Å². The summed E-state index contributed by atoms with van der Waals surface area (Å²) in [5.74, 6) is -2.03. The Hall–Kier alpha value is -2.54. The molecule has 0 aliphatic heterocycles. The highest BCUT2D eigenvalue weighted by molar-refractivity contribution is 6.31. The van der Waals surface area contributed by atoms with Crippen molar-refractivity contribution in [1.82, 2.24) is 15.3 Å². The molecule has 1 aromatic carbocycles. The second-order valence-corrected chi connectivity index (χ2v) is 5.58. The van der Waals surface area contributed by atoms with Gasteiger partial charge in [0.1, 0.15) is 5.82 Å². The van der Waals surface area contributed by atoms with Crippen LogP contribution in [0.1, 0.15) is 38.9 Å². The number of amides is 2. The molecule has 1 aliphatic rings. The van der Waals surface area contributed by atoms with E-state index in [2.05, 4.69) is 15.3 Å². The Morgan fingerprint density at radius 3 is 2.61 bits per heavy atom. The number of aromatic nitrogens is 2. The van der Waals surface area contributed by atoms with Crippen LogP contribution in [0, 0.1) is 5.82 Å². The van der Waals surface area contributed by atoms with Crippen molar-refractivity contribution in [3.05, 3.63) is 58.4 Å². The van der Waals surface area contributed by atoms with Crippen LogP contribution in [0.4, 0.5) is 4.39 Å². The normalized spacial score (nSPS) is 19.2. The van der Waals surface area contributed by atoms with E-state index in [1.165, 1.54) is 24.5 Å². The van der Waals surface area contributed by atoms with Crippen LogP contribution in [0.25, 0.3) is 0 Å². The van der Waals surface area contributed by atoms with Crippen LogP contribution >= 0.6 is 11.6 Å². The van der Waals surface area contributed by atoms with Crippen LogP contribution in [0.5, 0.6) is 0 Å². The van der Waals surface area contributed by atoms with E-state index in [1.807, 2.05) is 0 Å². The highest BCUT2D eigenvalue weighted by atomic mass is 35.5. The molecule has 2 amide bonds. The molecule has 3 rings (SSSR count). The van der Waals surface area contributed by atoms with Gasteiger partial charge >= 0.3 is 0 Å². The van der Waals surface area contributed by atoms with Crippen LogP contribution in [0.3, 0.4) is 0 Å². The number of halogens is 2. The number of primary amides is 1. The number of hydrogen-bond donors (Lipinski definition) is 2. The van der Waals surface area contributed by atoms with Gasteiger partial charge in [0.25, 0.3) is 11.8 Å². The quantitative estimate of drug-likeness (QED) is 0.888. The largest absolute Gasteiger partial charge is 0.364 e. The zero-order valence-corrected chi connectivity index (χ0v) is 12.5. The first-order valence-corrected chi connectivity index (χ1v) is 7.22. The van der Waals surface area contributed by atoms with E-state index in [9.17, 15) is 14.0 Å². The van der Waals surface area contributed by atoms with E-state index >= 15 is 0 Å². The molecule has 1 fully saturated rings. The average Bonchev–Trinajstić information content (AvgIpc) is 3.25. The molecule has 1 saturated carbocycles. The molecular formula is C15H12ClFN4O2. The molecule has 0 spiro atoms. The first-order chi connectivity index (χ1) is 11.0. The van der Waals surface area contributed by atoms with Gasteiger partial charge in [0.05, 0.1) is 0 Å². The van der Waals surface area contributed by atoms with E-state index in [1.54, 1.807) is 6.07 Å². The Bertz CT molecular complexity index is 779. The van der Waals surface area contributed by atoms with Crippen molar-refractivity contribution in [2.75, 3.05) is 0 Å². The monoisotopic (exact) mass is 334 g/mol. The van der Waals surface area contributed by atoms with E-state index in [0.717, 1.165) is 0 Å². The van der Waals surface area contributed by atoms with Gasteiger partial charge in [-0.2, -0.15) is 0 Å². The summed E-state index contributed by atoms with van der Waals surface area (Å²) in [5, 5.41) is 3.02. The number of nitrogens with two attached hydrogens (primary N) is 1. The summed E-state index contributed by atoms with van der Waals surface area (Å²) in [5.41, 5.74) is 5.20. The molecule has 8 heteroatoms. The minimum atomic E-state index is -0.840. The molecule has 1 aliphatic carbocycles. The predicted molar refractivity (Wildman–Crippen MR) is 80.6 cm³/mol. The lowest BCUT2D eigenvalue weighted by Gasteiger charge is -2.08.